The lowest BCUT2D eigenvalue weighted by molar-refractivity contribution is -0.137. The lowest BCUT2D eigenvalue weighted by Gasteiger charge is -2.42. The van der Waals surface area contributed by atoms with Crippen molar-refractivity contribution in [3.05, 3.63) is 0 Å². The molecule has 16 heavy (non-hydrogen) atoms. The van der Waals surface area contributed by atoms with E-state index in [0.717, 1.165) is 32.2 Å². The molecule has 3 unspecified atom stereocenters. The van der Waals surface area contributed by atoms with E-state index in [4.69, 9.17) is 0 Å². The Labute approximate surface area is 105 Å². The molecule has 2 fully saturated rings. The number of aliphatic hydroxyl groups excluding tert-OH is 1. The lowest BCUT2D eigenvalue weighted by Crippen LogP contribution is -2.52. The van der Waals surface area contributed by atoms with E-state index >= 15 is 0 Å². The van der Waals surface area contributed by atoms with Gasteiger partial charge in [-0.3, -0.25) is 4.79 Å². The minimum atomic E-state index is 0.00233. The molecule has 0 radical (unpaired) electrons. The van der Waals surface area contributed by atoms with Gasteiger partial charge in [-0.1, -0.05) is 28.8 Å². The first-order chi connectivity index (χ1) is 7.74. The van der Waals surface area contributed by atoms with Crippen LogP contribution in [0.2, 0.25) is 0 Å². The molecule has 0 bridgehead atoms. The number of piperidine rings is 1. The van der Waals surface area contributed by atoms with E-state index < -0.39 is 0 Å². The highest BCUT2D eigenvalue weighted by Gasteiger charge is 2.36. The maximum atomic E-state index is 12.1. The Morgan fingerprint density at radius 2 is 2.00 bits per heavy atom. The molecule has 1 aliphatic heterocycles. The number of alkyl halides is 1. The van der Waals surface area contributed by atoms with Crippen molar-refractivity contribution in [3.8, 4) is 0 Å². The van der Waals surface area contributed by atoms with Gasteiger partial charge in [0.05, 0.1) is 4.83 Å². The molecule has 3 nitrogen and oxygen atoms in total. The largest absolute Gasteiger partial charge is 0.396 e. The third-order valence-electron chi connectivity index (χ3n) is 3.91. The number of carbonyl (C=O) groups excluding carboxylic acids is 1. The highest BCUT2D eigenvalue weighted by molar-refractivity contribution is 9.10. The van der Waals surface area contributed by atoms with Crippen molar-refractivity contribution in [1.82, 2.24) is 4.90 Å². The first-order valence-electron chi connectivity index (χ1n) is 6.29. The number of hydrogen-bond acceptors (Lipinski definition) is 2. The Hall–Kier alpha value is -0.0900. The summed E-state index contributed by atoms with van der Waals surface area (Å²) >= 11 is 3.45. The molecular weight excluding hydrogens is 270 g/mol. The van der Waals surface area contributed by atoms with Crippen molar-refractivity contribution in [3.63, 3.8) is 0 Å². The van der Waals surface area contributed by atoms with Crippen LogP contribution in [-0.2, 0) is 4.79 Å². The fourth-order valence-electron chi connectivity index (χ4n) is 3.00. The maximum Gasteiger partial charge on any atom is 0.236 e. The Kier molecular flexibility index (Phi) is 4.25. The van der Waals surface area contributed by atoms with Crippen molar-refractivity contribution in [2.75, 3.05) is 13.2 Å². The Bertz CT molecular complexity index is 259. The van der Waals surface area contributed by atoms with E-state index in [2.05, 4.69) is 15.9 Å². The highest BCUT2D eigenvalue weighted by Crippen LogP contribution is 2.31. The second-order valence-electron chi connectivity index (χ2n) is 4.94. The zero-order valence-electron chi connectivity index (χ0n) is 9.57. The minimum absolute atomic E-state index is 0.00233. The van der Waals surface area contributed by atoms with Crippen LogP contribution in [0.15, 0.2) is 0 Å². The molecule has 2 aliphatic rings. The quantitative estimate of drug-likeness (QED) is 0.789. The number of rotatable bonds is 2. The molecule has 1 saturated carbocycles. The molecule has 1 N–H and O–H groups in total. The van der Waals surface area contributed by atoms with E-state index in [0.29, 0.717) is 5.92 Å². The van der Waals surface area contributed by atoms with Gasteiger partial charge in [0.15, 0.2) is 0 Å². The average Bonchev–Trinajstić information content (AvgIpc) is 2.33. The second-order valence-corrected chi connectivity index (χ2v) is 6.04. The number of hydrogen-bond donors (Lipinski definition) is 1. The van der Waals surface area contributed by atoms with E-state index in [1.807, 2.05) is 4.90 Å². The minimum Gasteiger partial charge on any atom is -0.396 e. The van der Waals surface area contributed by atoms with E-state index in [1.54, 1.807) is 0 Å². The number of likely N-dealkylation sites (tertiary alicyclic amines) is 1. The predicted molar refractivity (Wildman–Crippen MR) is 66.5 cm³/mol. The van der Waals surface area contributed by atoms with Crippen LogP contribution in [0.5, 0.6) is 0 Å². The first-order valence-corrected chi connectivity index (χ1v) is 7.21. The topological polar surface area (TPSA) is 40.5 Å². The van der Waals surface area contributed by atoms with Crippen LogP contribution in [0, 0.1) is 5.92 Å². The normalized spacial score (nSPS) is 36.5. The van der Waals surface area contributed by atoms with Gasteiger partial charge in [0.25, 0.3) is 0 Å². The summed E-state index contributed by atoms with van der Waals surface area (Å²) in [6, 6.07) is 0.284. The lowest BCUT2D eigenvalue weighted by atomic mass is 9.83. The molecule has 0 aromatic carbocycles. The zero-order valence-corrected chi connectivity index (χ0v) is 11.2. The molecule has 1 aliphatic carbocycles. The van der Waals surface area contributed by atoms with E-state index in [9.17, 15) is 9.90 Å². The summed E-state index contributed by atoms with van der Waals surface area (Å²) in [6.45, 7) is 1.10. The predicted octanol–water partition coefficient (Wildman–Crippen LogP) is 1.92. The monoisotopic (exact) mass is 289 g/mol. The van der Waals surface area contributed by atoms with Gasteiger partial charge >= 0.3 is 0 Å². The molecule has 0 aromatic heterocycles. The van der Waals surface area contributed by atoms with Gasteiger partial charge in [-0.2, -0.15) is 0 Å². The van der Waals surface area contributed by atoms with E-state index in [-0.39, 0.29) is 23.4 Å². The number of amides is 1. The van der Waals surface area contributed by atoms with Crippen LogP contribution in [-0.4, -0.2) is 39.9 Å². The van der Waals surface area contributed by atoms with Gasteiger partial charge in [0.2, 0.25) is 5.91 Å². The van der Waals surface area contributed by atoms with Crippen LogP contribution in [0.3, 0.4) is 0 Å². The molecule has 1 saturated heterocycles. The van der Waals surface area contributed by atoms with Gasteiger partial charge in [-0.25, -0.2) is 0 Å². The summed E-state index contributed by atoms with van der Waals surface area (Å²) in [7, 11) is 0. The zero-order chi connectivity index (χ0) is 11.5. The fourth-order valence-corrected chi connectivity index (χ4v) is 3.58. The number of nitrogens with zero attached hydrogens (tertiary/aromatic N) is 1. The average molecular weight is 290 g/mol. The molecule has 2 rings (SSSR count). The standard InChI is InChI=1S/C12H20BrNO2/c13-10-5-3-7-14(12(10)16)11-6-2-1-4-9(11)8-15/h9-11,15H,1-8H2. The SMILES string of the molecule is O=C1C(Br)CCCN1C1CCCCC1CO. The molecule has 0 spiro atoms. The molecule has 3 atom stereocenters. The maximum absolute atomic E-state index is 12.1. The Morgan fingerprint density at radius 1 is 1.25 bits per heavy atom. The number of halogens is 1. The number of carbonyl (C=O) groups is 1. The summed E-state index contributed by atoms with van der Waals surface area (Å²) in [5.41, 5.74) is 0. The smallest absolute Gasteiger partial charge is 0.236 e. The molecule has 92 valence electrons. The molecule has 4 heteroatoms. The van der Waals surface area contributed by atoms with Crippen molar-refractivity contribution < 1.29 is 9.90 Å². The van der Waals surface area contributed by atoms with Gasteiger partial charge in [-0.15, -0.1) is 0 Å². The molecule has 0 aromatic rings. The van der Waals surface area contributed by atoms with Gasteiger partial charge in [-0.05, 0) is 25.7 Å². The summed E-state index contributed by atoms with van der Waals surface area (Å²) in [6.07, 6.45) is 6.55. The molecule has 1 amide bonds. The van der Waals surface area contributed by atoms with Crippen LogP contribution < -0.4 is 0 Å². The number of aliphatic hydroxyl groups is 1. The summed E-state index contributed by atoms with van der Waals surface area (Å²) in [5.74, 6) is 0.534. The van der Waals surface area contributed by atoms with Crippen molar-refractivity contribution in [2.24, 2.45) is 5.92 Å². The molecular formula is C12H20BrNO2. The van der Waals surface area contributed by atoms with Crippen LogP contribution in [0.4, 0.5) is 0 Å². The van der Waals surface area contributed by atoms with Gasteiger partial charge in [0.1, 0.15) is 0 Å². The van der Waals surface area contributed by atoms with Crippen molar-refractivity contribution >= 4 is 21.8 Å². The third-order valence-corrected chi connectivity index (χ3v) is 4.76. The van der Waals surface area contributed by atoms with Crippen molar-refractivity contribution in [2.45, 2.75) is 49.4 Å². The highest BCUT2D eigenvalue weighted by atomic mass is 79.9. The van der Waals surface area contributed by atoms with Gasteiger partial charge < -0.3 is 10.0 Å². The fraction of sp³-hybridized carbons (Fsp3) is 0.917. The van der Waals surface area contributed by atoms with Crippen molar-refractivity contribution in [1.29, 1.82) is 0 Å². The van der Waals surface area contributed by atoms with E-state index in [1.165, 1.54) is 12.8 Å². The van der Waals surface area contributed by atoms with Crippen LogP contribution in [0.1, 0.15) is 38.5 Å². The summed E-state index contributed by atoms with van der Waals surface area (Å²) in [4.78, 5) is 14.1. The Balaban J connectivity index is 2.06. The van der Waals surface area contributed by atoms with Gasteiger partial charge in [0, 0.05) is 25.1 Å². The summed E-state index contributed by atoms with van der Waals surface area (Å²) < 4.78 is 0. The van der Waals surface area contributed by atoms with Crippen LogP contribution >= 0.6 is 15.9 Å². The third kappa shape index (κ3) is 2.43. The summed E-state index contributed by atoms with van der Waals surface area (Å²) in [5, 5.41) is 9.39. The molecule has 1 heterocycles. The van der Waals surface area contributed by atoms with Crippen LogP contribution in [0.25, 0.3) is 0 Å². The second kappa shape index (κ2) is 5.50. The Morgan fingerprint density at radius 3 is 2.75 bits per heavy atom. The first kappa shape index (κ1) is 12.4.